The highest BCUT2D eigenvalue weighted by atomic mass is 32.2. The molecule has 1 heterocycles. The van der Waals surface area contributed by atoms with E-state index in [-0.39, 0.29) is 50.9 Å². The number of nitrogens with one attached hydrogen (secondary N) is 1. The average molecular weight is 512 g/mol. The molecular weight excluding hydrogens is 481 g/mol. The van der Waals surface area contributed by atoms with Gasteiger partial charge in [0.1, 0.15) is 22.5 Å². The first-order valence-corrected chi connectivity index (χ1v) is 13.1. The van der Waals surface area contributed by atoms with E-state index < -0.39 is 33.8 Å². The molecule has 1 aromatic carbocycles. The van der Waals surface area contributed by atoms with E-state index in [9.17, 15) is 28.7 Å². The first-order valence-electron chi connectivity index (χ1n) is 10.8. The Morgan fingerprint density at radius 3 is 2.38 bits per heavy atom. The topological polar surface area (TPSA) is 140 Å². The molecule has 3 N–H and O–H groups in total. The minimum Gasteiger partial charge on any atom is -0.396 e. The van der Waals surface area contributed by atoms with Gasteiger partial charge in [0.25, 0.3) is 10.0 Å². The number of aliphatic hydroxyl groups is 2. The summed E-state index contributed by atoms with van der Waals surface area (Å²) in [6.07, 6.45) is -0.484. The highest BCUT2D eigenvalue weighted by molar-refractivity contribution is 7.92. The summed E-state index contributed by atoms with van der Waals surface area (Å²) in [6.45, 7) is 9.68. The largest absolute Gasteiger partial charge is 0.396 e. The Kier molecular flexibility index (Phi) is 8.58. The number of aliphatic hydroxyl groups excluding tert-OH is 1. The predicted molar refractivity (Wildman–Crippen MR) is 126 cm³/mol. The maximum Gasteiger partial charge on any atom is 0.275 e. The molecule has 0 aliphatic heterocycles. The minimum absolute atomic E-state index is 0.0417. The van der Waals surface area contributed by atoms with Crippen molar-refractivity contribution in [2.24, 2.45) is 0 Å². The molecule has 0 unspecified atom stereocenters. The molecular formula is C23H30FN3O5S2. The molecule has 0 aliphatic rings. The highest BCUT2D eigenvalue weighted by Gasteiger charge is 2.31. The summed E-state index contributed by atoms with van der Waals surface area (Å²) < 4.78 is 42.8. The van der Waals surface area contributed by atoms with Gasteiger partial charge >= 0.3 is 0 Å². The Bertz CT molecular complexity index is 1220. The first-order chi connectivity index (χ1) is 15.6. The highest BCUT2D eigenvalue weighted by Crippen LogP contribution is 2.34. The lowest BCUT2D eigenvalue weighted by Gasteiger charge is -2.21. The number of nitrogens with zero attached hydrogens (tertiary/aromatic N) is 2. The van der Waals surface area contributed by atoms with Crippen LogP contribution in [0.3, 0.4) is 0 Å². The Hall–Kier alpha value is -2.39. The molecule has 1 aromatic heterocycles. The van der Waals surface area contributed by atoms with Crippen molar-refractivity contribution in [3.05, 3.63) is 44.8 Å². The number of carbonyl (C=O) groups excluding carboxylic acids is 1. The molecule has 2 rings (SSSR count). The minimum atomic E-state index is -4.37. The van der Waals surface area contributed by atoms with Crippen LogP contribution >= 0.6 is 11.3 Å². The summed E-state index contributed by atoms with van der Waals surface area (Å²) in [4.78, 5) is 17.0. The van der Waals surface area contributed by atoms with Crippen molar-refractivity contribution in [3.63, 3.8) is 0 Å². The Balaban J connectivity index is 2.50. The zero-order valence-corrected chi connectivity index (χ0v) is 21.7. The number of halogens is 1. The van der Waals surface area contributed by atoms with Crippen LogP contribution in [0.25, 0.3) is 0 Å². The normalized spacial score (nSPS) is 12.3. The van der Waals surface area contributed by atoms with Crippen LogP contribution in [0, 0.1) is 17.1 Å². The molecule has 8 nitrogen and oxygen atoms in total. The van der Waals surface area contributed by atoms with Gasteiger partial charge in [-0.1, -0.05) is 27.7 Å². The van der Waals surface area contributed by atoms with Crippen LogP contribution in [0.2, 0.25) is 0 Å². The summed E-state index contributed by atoms with van der Waals surface area (Å²) >= 11 is 0.714. The summed E-state index contributed by atoms with van der Waals surface area (Å²) in [5, 5.41) is 29.0. The number of sulfonamides is 1. The Labute approximate surface area is 203 Å². The summed E-state index contributed by atoms with van der Waals surface area (Å²) in [7, 11) is -4.37. The molecule has 0 bridgehead atoms. The van der Waals surface area contributed by atoms with Gasteiger partial charge < -0.3 is 10.2 Å². The fourth-order valence-corrected chi connectivity index (χ4v) is 6.17. The van der Waals surface area contributed by atoms with Crippen molar-refractivity contribution >= 4 is 27.3 Å². The molecule has 34 heavy (non-hydrogen) atoms. The van der Waals surface area contributed by atoms with Gasteiger partial charge in [-0.3, -0.25) is 4.79 Å². The van der Waals surface area contributed by atoms with E-state index in [0.29, 0.717) is 22.5 Å². The quantitative estimate of drug-likeness (QED) is 0.469. The molecule has 0 saturated carbocycles. The second-order valence-corrected chi connectivity index (χ2v) is 12.0. The molecule has 0 aliphatic carbocycles. The maximum absolute atomic E-state index is 15.0. The lowest BCUT2D eigenvalue weighted by Crippen LogP contribution is -2.32. The smallest absolute Gasteiger partial charge is 0.275 e. The monoisotopic (exact) mass is 511 g/mol. The van der Waals surface area contributed by atoms with Crippen molar-refractivity contribution < 1.29 is 27.8 Å². The molecule has 0 spiro atoms. The fraction of sp³-hybridized carbons (Fsp3) is 0.522. The van der Waals surface area contributed by atoms with Crippen molar-refractivity contribution in [2.75, 3.05) is 6.61 Å². The van der Waals surface area contributed by atoms with E-state index in [2.05, 4.69) is 4.98 Å². The third-order valence-electron chi connectivity index (χ3n) is 5.13. The Morgan fingerprint density at radius 2 is 1.91 bits per heavy atom. The van der Waals surface area contributed by atoms with E-state index in [0.717, 1.165) is 0 Å². The van der Waals surface area contributed by atoms with Gasteiger partial charge in [-0.05, 0) is 48.4 Å². The first kappa shape index (κ1) is 27.9. The van der Waals surface area contributed by atoms with Gasteiger partial charge in [0.15, 0.2) is 4.21 Å². The van der Waals surface area contributed by atoms with Crippen LogP contribution in [0.4, 0.5) is 4.39 Å². The third kappa shape index (κ3) is 5.99. The lowest BCUT2D eigenvalue weighted by molar-refractivity contribution is -0.118. The van der Waals surface area contributed by atoms with Crippen molar-refractivity contribution in [1.82, 2.24) is 9.71 Å². The lowest BCUT2D eigenvalue weighted by atomic mass is 9.85. The SMILES string of the molecule is CC(C)c1cc(C#N)c(F)c(C(C)C)c1CC(=O)NS(=O)(=O)c1sc(C(C)(C)O)nc1CCO. The number of nitriles is 1. The van der Waals surface area contributed by atoms with Gasteiger partial charge in [0.05, 0.1) is 17.7 Å². The molecule has 186 valence electrons. The van der Waals surface area contributed by atoms with Crippen LogP contribution in [0.1, 0.15) is 86.3 Å². The van der Waals surface area contributed by atoms with E-state index in [1.54, 1.807) is 13.8 Å². The molecule has 2 aromatic rings. The number of amides is 1. The van der Waals surface area contributed by atoms with Crippen molar-refractivity contribution in [3.8, 4) is 6.07 Å². The van der Waals surface area contributed by atoms with Crippen LogP contribution < -0.4 is 4.72 Å². The van der Waals surface area contributed by atoms with E-state index in [4.69, 9.17) is 0 Å². The molecule has 1 amide bonds. The molecule has 0 fully saturated rings. The average Bonchev–Trinajstić information content (AvgIpc) is 3.13. The second-order valence-electron chi connectivity index (χ2n) is 9.13. The standard InChI is InChI=1S/C23H30FN3O5S2/c1-12(2)15-9-14(11-25)20(24)19(13(3)4)16(15)10-18(29)27-34(31,32)21-17(7-8-28)26-22(33-21)23(5,6)30/h9,12-13,28,30H,7-8,10H2,1-6H3,(H,27,29). The van der Waals surface area contributed by atoms with Crippen LogP contribution in [0.15, 0.2) is 10.3 Å². The van der Waals surface area contributed by atoms with Gasteiger partial charge in [-0.15, -0.1) is 11.3 Å². The number of thiazole rings is 1. The molecule has 0 radical (unpaired) electrons. The summed E-state index contributed by atoms with van der Waals surface area (Å²) in [6, 6.07) is 3.24. The molecule has 0 atom stereocenters. The zero-order valence-electron chi connectivity index (χ0n) is 20.1. The fourth-order valence-electron chi connectivity index (χ4n) is 3.60. The number of benzene rings is 1. The van der Waals surface area contributed by atoms with Crippen LogP contribution in [-0.2, 0) is 33.3 Å². The summed E-state index contributed by atoms with van der Waals surface area (Å²) in [5.41, 5.74) is -0.339. The summed E-state index contributed by atoms with van der Waals surface area (Å²) in [5.74, 6) is -2.08. The molecule has 0 saturated heterocycles. The van der Waals surface area contributed by atoms with Gasteiger partial charge in [0, 0.05) is 13.0 Å². The van der Waals surface area contributed by atoms with Crippen LogP contribution in [-0.4, -0.2) is 36.1 Å². The number of hydrogen-bond donors (Lipinski definition) is 3. The number of carbonyl (C=O) groups is 1. The number of hydrogen-bond acceptors (Lipinski definition) is 8. The predicted octanol–water partition coefficient (Wildman–Crippen LogP) is 3.21. The number of rotatable bonds is 9. The Morgan fingerprint density at radius 1 is 1.29 bits per heavy atom. The zero-order chi connectivity index (χ0) is 26.0. The number of aromatic nitrogens is 1. The van der Waals surface area contributed by atoms with Crippen molar-refractivity contribution in [2.45, 2.75) is 76.0 Å². The van der Waals surface area contributed by atoms with Gasteiger partial charge in [-0.25, -0.2) is 22.5 Å². The van der Waals surface area contributed by atoms with Crippen molar-refractivity contribution in [1.29, 1.82) is 5.26 Å². The van der Waals surface area contributed by atoms with E-state index in [1.165, 1.54) is 19.9 Å². The molecule has 11 heteroatoms. The third-order valence-corrected chi connectivity index (χ3v) is 8.46. The van der Waals surface area contributed by atoms with Gasteiger partial charge in [-0.2, -0.15) is 5.26 Å². The van der Waals surface area contributed by atoms with Gasteiger partial charge in [0.2, 0.25) is 5.91 Å². The van der Waals surface area contributed by atoms with Crippen LogP contribution in [0.5, 0.6) is 0 Å². The van der Waals surface area contributed by atoms with E-state index >= 15 is 4.39 Å². The second kappa shape index (κ2) is 10.5. The maximum atomic E-state index is 15.0. The van der Waals surface area contributed by atoms with E-state index in [1.807, 2.05) is 24.6 Å².